The van der Waals surface area contributed by atoms with Gasteiger partial charge in [-0.15, -0.1) is 11.3 Å². The van der Waals surface area contributed by atoms with Crippen LogP contribution in [0.3, 0.4) is 0 Å². The van der Waals surface area contributed by atoms with Crippen LogP contribution >= 0.6 is 11.3 Å². The van der Waals surface area contributed by atoms with Gasteiger partial charge in [-0.2, -0.15) is 0 Å². The first-order valence-electron chi connectivity index (χ1n) is 19.0. The Morgan fingerprint density at radius 1 is 1.08 bits per heavy atom. The number of likely N-dealkylation sites (tertiary alicyclic amines) is 1. The van der Waals surface area contributed by atoms with Crippen LogP contribution in [0.4, 0.5) is 0 Å². The van der Waals surface area contributed by atoms with Gasteiger partial charge in [0.15, 0.2) is 0 Å². The third-order valence-corrected chi connectivity index (χ3v) is 11.8. The molecule has 1 fully saturated rings. The molecule has 2 aromatic rings. The molecule has 0 aliphatic carbocycles. The zero-order chi connectivity index (χ0) is 39.5. The van der Waals surface area contributed by atoms with E-state index in [2.05, 4.69) is 15.6 Å². The lowest BCUT2D eigenvalue weighted by Crippen LogP contribution is -2.59. The Kier molecular flexibility index (Phi) is 16.9. The molecular weight excluding hydrogens is 693 g/mol. The maximum Gasteiger partial charge on any atom is 0.245 e. The summed E-state index contributed by atoms with van der Waals surface area (Å²) in [4.78, 5) is 63.3. The van der Waals surface area contributed by atoms with Crippen molar-refractivity contribution in [1.29, 1.82) is 0 Å². The number of carbonyl (C=O) groups is 4. The molecule has 1 aromatic carbocycles. The molecule has 0 saturated carbocycles. The van der Waals surface area contributed by atoms with E-state index in [1.807, 2.05) is 75.2 Å². The van der Waals surface area contributed by atoms with Crippen LogP contribution in [0.5, 0.6) is 0 Å². The van der Waals surface area contributed by atoms with Gasteiger partial charge in [-0.3, -0.25) is 19.2 Å². The average Bonchev–Trinajstić information content (AvgIpc) is 3.87. The van der Waals surface area contributed by atoms with Crippen molar-refractivity contribution in [2.45, 2.75) is 117 Å². The Morgan fingerprint density at radius 3 is 2.30 bits per heavy atom. The van der Waals surface area contributed by atoms with Gasteiger partial charge in [0.2, 0.25) is 23.6 Å². The maximum atomic E-state index is 14.2. The second kappa shape index (κ2) is 20.3. The summed E-state index contributed by atoms with van der Waals surface area (Å²) in [6, 6.07) is 8.15. The topological polar surface area (TPSA) is 156 Å². The number of likely N-dealkylation sites (N-methyl/N-ethyl adjacent to an activating group) is 1. The van der Waals surface area contributed by atoms with Crippen molar-refractivity contribution in [2.75, 3.05) is 34.4 Å². The van der Waals surface area contributed by atoms with Crippen molar-refractivity contribution in [1.82, 2.24) is 25.4 Å². The average molecular weight is 757 g/mol. The lowest BCUT2D eigenvalue weighted by molar-refractivity contribution is -0.148. The molecule has 4 N–H and O–H groups in total. The van der Waals surface area contributed by atoms with E-state index in [1.165, 1.54) is 11.3 Å². The van der Waals surface area contributed by atoms with Crippen molar-refractivity contribution < 1.29 is 28.7 Å². The van der Waals surface area contributed by atoms with Crippen LogP contribution in [-0.4, -0.2) is 103 Å². The number of hydrogen-bond acceptors (Lipinski definition) is 9. The summed E-state index contributed by atoms with van der Waals surface area (Å²) in [6.07, 6.45) is 3.44. The molecule has 1 unspecified atom stereocenters. The molecule has 0 bridgehead atoms. The second-order valence-electron chi connectivity index (χ2n) is 15.5. The normalized spacial score (nSPS) is 18.8. The Labute approximate surface area is 320 Å². The number of benzene rings is 1. The molecule has 13 heteroatoms. The third kappa shape index (κ3) is 11.3. The highest BCUT2D eigenvalue weighted by Crippen LogP contribution is 2.30. The molecule has 12 nitrogen and oxygen atoms in total. The van der Waals surface area contributed by atoms with Crippen LogP contribution in [0.1, 0.15) is 90.8 Å². The minimum atomic E-state index is -0.834. The quantitative estimate of drug-likeness (QED) is 0.177. The minimum absolute atomic E-state index is 0.0165. The highest BCUT2D eigenvalue weighted by atomic mass is 32.1. The van der Waals surface area contributed by atoms with E-state index in [4.69, 9.17) is 15.2 Å². The standard InChI is InChI=1S/C40H64N6O6S/c1-11-26(4)34(45(8)38(49)33(25(2)3)44-39(50)40(6,7)24-41)31(51-9)23-32(47)46-20-15-18-30(46)35(52-10)27(5)36(48)43-29(37-42-19-21-53-37)22-28-16-13-12-14-17-28/h12-14,16-17,19,21,25-27,29-31,33-35H,11,15,18,20,22-24,41H2,1-10H3,(H,43,48)(H,44,50)/t26-,27+,29-,30-,31?,33-,34-,35+/m0/s1. The van der Waals surface area contributed by atoms with Gasteiger partial charge in [-0.1, -0.05) is 71.4 Å². The summed E-state index contributed by atoms with van der Waals surface area (Å²) in [5.74, 6) is -1.58. The SMILES string of the molecule is CC[C@H](C)[C@@H](C(CC(=O)N1CCC[C@H]1[C@H](OC)[C@@H](C)C(=O)N[C@@H](Cc1ccccc1)c1nccs1)OC)N(C)C(=O)[C@@H](NC(=O)C(C)(C)CN)C(C)C. The fourth-order valence-corrected chi connectivity index (χ4v) is 7.92. The molecule has 1 aliphatic heterocycles. The van der Waals surface area contributed by atoms with Crippen molar-refractivity contribution in [3.05, 3.63) is 52.5 Å². The second-order valence-corrected chi connectivity index (χ2v) is 16.4. The van der Waals surface area contributed by atoms with Crippen LogP contribution < -0.4 is 16.4 Å². The van der Waals surface area contributed by atoms with Crippen LogP contribution in [0.25, 0.3) is 0 Å². The van der Waals surface area contributed by atoms with E-state index in [1.54, 1.807) is 46.2 Å². The number of rotatable bonds is 20. The summed E-state index contributed by atoms with van der Waals surface area (Å²) in [5, 5.41) is 8.90. The van der Waals surface area contributed by atoms with Crippen molar-refractivity contribution in [3.63, 3.8) is 0 Å². The molecule has 3 rings (SSSR count). The molecule has 2 heterocycles. The number of carbonyl (C=O) groups excluding carboxylic acids is 4. The summed E-state index contributed by atoms with van der Waals surface area (Å²) in [7, 11) is 4.88. The highest BCUT2D eigenvalue weighted by Gasteiger charge is 2.43. The zero-order valence-corrected chi connectivity index (χ0v) is 34.3. The Hall–Kier alpha value is -3.39. The molecule has 53 heavy (non-hydrogen) atoms. The minimum Gasteiger partial charge on any atom is -0.379 e. The number of nitrogens with two attached hydrogens (primary N) is 1. The fourth-order valence-electron chi connectivity index (χ4n) is 7.23. The largest absolute Gasteiger partial charge is 0.379 e. The van der Waals surface area contributed by atoms with Crippen molar-refractivity contribution in [3.8, 4) is 0 Å². The number of amides is 4. The number of nitrogens with one attached hydrogen (secondary N) is 2. The van der Waals surface area contributed by atoms with E-state index in [9.17, 15) is 19.2 Å². The van der Waals surface area contributed by atoms with Crippen LogP contribution in [0.15, 0.2) is 41.9 Å². The van der Waals surface area contributed by atoms with Gasteiger partial charge < -0.3 is 35.6 Å². The lowest BCUT2D eigenvalue weighted by Gasteiger charge is -2.41. The molecule has 1 saturated heterocycles. The van der Waals surface area contributed by atoms with Crippen LogP contribution in [-0.2, 0) is 35.1 Å². The number of hydrogen-bond donors (Lipinski definition) is 3. The number of thiazole rings is 1. The third-order valence-electron chi connectivity index (χ3n) is 11.0. The van der Waals surface area contributed by atoms with Crippen molar-refractivity contribution in [2.24, 2.45) is 28.9 Å². The van der Waals surface area contributed by atoms with E-state index < -0.39 is 35.6 Å². The van der Waals surface area contributed by atoms with E-state index in [0.29, 0.717) is 19.4 Å². The van der Waals surface area contributed by atoms with Gasteiger partial charge >= 0.3 is 0 Å². The molecule has 4 amide bonds. The van der Waals surface area contributed by atoms with Gasteiger partial charge in [0.25, 0.3) is 0 Å². The zero-order valence-electron chi connectivity index (χ0n) is 33.5. The molecule has 0 radical (unpaired) electrons. The van der Waals surface area contributed by atoms with Gasteiger partial charge in [-0.05, 0) is 50.5 Å². The molecule has 1 aromatic heterocycles. The van der Waals surface area contributed by atoms with E-state index in [0.717, 1.165) is 23.4 Å². The molecule has 0 spiro atoms. The lowest BCUT2D eigenvalue weighted by atomic mass is 9.88. The van der Waals surface area contributed by atoms with Gasteiger partial charge in [-0.25, -0.2) is 4.98 Å². The summed E-state index contributed by atoms with van der Waals surface area (Å²) in [6.45, 7) is 13.9. The first kappa shape index (κ1) is 44.0. The number of aromatic nitrogens is 1. The molecule has 1 aliphatic rings. The Morgan fingerprint density at radius 2 is 1.75 bits per heavy atom. The summed E-state index contributed by atoms with van der Waals surface area (Å²) in [5.41, 5.74) is 6.11. The van der Waals surface area contributed by atoms with Crippen molar-refractivity contribution >= 4 is 35.0 Å². The Bertz CT molecular complexity index is 1460. The number of methoxy groups -OCH3 is 2. The summed E-state index contributed by atoms with van der Waals surface area (Å²) >= 11 is 1.50. The molecule has 8 atom stereocenters. The van der Waals surface area contributed by atoms with Gasteiger partial charge in [0.05, 0.1) is 48.1 Å². The predicted octanol–water partition coefficient (Wildman–Crippen LogP) is 4.59. The molecular formula is C40H64N6O6S. The highest BCUT2D eigenvalue weighted by molar-refractivity contribution is 7.09. The first-order chi connectivity index (χ1) is 25.1. The van der Waals surface area contributed by atoms with E-state index >= 15 is 0 Å². The smallest absolute Gasteiger partial charge is 0.245 e. The summed E-state index contributed by atoms with van der Waals surface area (Å²) < 4.78 is 12.0. The van der Waals surface area contributed by atoms with Gasteiger partial charge in [0, 0.05) is 45.9 Å². The molecule has 296 valence electrons. The van der Waals surface area contributed by atoms with Crippen LogP contribution in [0.2, 0.25) is 0 Å². The number of ether oxygens (including phenoxy) is 2. The maximum absolute atomic E-state index is 14.2. The van der Waals surface area contributed by atoms with Gasteiger partial charge in [0.1, 0.15) is 11.0 Å². The van der Waals surface area contributed by atoms with E-state index in [-0.39, 0.29) is 60.5 Å². The predicted molar refractivity (Wildman–Crippen MR) is 209 cm³/mol. The fraction of sp³-hybridized carbons (Fsp3) is 0.675. The van der Waals surface area contributed by atoms with Crippen LogP contribution in [0, 0.1) is 23.2 Å². The first-order valence-corrected chi connectivity index (χ1v) is 19.9. The number of nitrogens with zero attached hydrogens (tertiary/aromatic N) is 3. The Balaban J connectivity index is 1.78. The monoisotopic (exact) mass is 756 g/mol.